The number of carbonyl (C=O) groups is 1. The van der Waals surface area contributed by atoms with Crippen molar-refractivity contribution in [2.75, 3.05) is 0 Å². The molecule has 1 aromatic heterocycles. The number of aromatic nitrogens is 1. The van der Waals surface area contributed by atoms with Gasteiger partial charge < -0.3 is 10.1 Å². The van der Waals surface area contributed by atoms with E-state index in [4.69, 9.17) is 16.3 Å². The summed E-state index contributed by atoms with van der Waals surface area (Å²) in [6.07, 6.45) is 1.58. The van der Waals surface area contributed by atoms with Gasteiger partial charge in [0.2, 0.25) is 5.88 Å². The van der Waals surface area contributed by atoms with Crippen molar-refractivity contribution < 1.29 is 14.5 Å². The average Bonchev–Trinajstić information content (AvgIpc) is 2.70. The van der Waals surface area contributed by atoms with Crippen LogP contribution < -0.4 is 10.1 Å². The molecule has 1 N–H and O–H groups in total. The van der Waals surface area contributed by atoms with Crippen LogP contribution in [0.2, 0.25) is 5.02 Å². The molecule has 2 aromatic carbocycles. The number of nitro groups is 1. The van der Waals surface area contributed by atoms with E-state index in [9.17, 15) is 14.9 Å². The number of nitro benzene ring substituents is 1. The molecule has 1 amide bonds. The summed E-state index contributed by atoms with van der Waals surface area (Å²) in [5.74, 6) is 0.597. The molecule has 3 rings (SSSR count). The fourth-order valence-corrected chi connectivity index (χ4v) is 2.80. The SMILES string of the molecule is Cc1ccc(C)c(Oc2ccc(CNC(=O)c3ccc(Cl)cc3[N+](=O)[O-])cn2)c1. The lowest BCUT2D eigenvalue weighted by Gasteiger charge is -2.10. The highest BCUT2D eigenvalue weighted by atomic mass is 35.5. The van der Waals surface area contributed by atoms with E-state index in [1.165, 1.54) is 12.1 Å². The molecule has 29 heavy (non-hydrogen) atoms. The summed E-state index contributed by atoms with van der Waals surface area (Å²) in [7, 11) is 0. The van der Waals surface area contributed by atoms with Gasteiger partial charge in [0.15, 0.2) is 0 Å². The smallest absolute Gasteiger partial charge is 0.283 e. The highest BCUT2D eigenvalue weighted by molar-refractivity contribution is 6.31. The van der Waals surface area contributed by atoms with E-state index in [-0.39, 0.29) is 22.8 Å². The van der Waals surface area contributed by atoms with E-state index in [1.54, 1.807) is 18.3 Å². The van der Waals surface area contributed by atoms with Crippen LogP contribution in [0.4, 0.5) is 5.69 Å². The Bertz CT molecular complexity index is 1070. The van der Waals surface area contributed by atoms with Crippen molar-refractivity contribution in [3.8, 4) is 11.6 Å². The molecule has 0 saturated carbocycles. The van der Waals surface area contributed by atoms with Gasteiger partial charge >= 0.3 is 0 Å². The van der Waals surface area contributed by atoms with Crippen LogP contribution in [0.15, 0.2) is 54.7 Å². The van der Waals surface area contributed by atoms with Crippen molar-refractivity contribution in [2.24, 2.45) is 0 Å². The lowest BCUT2D eigenvalue weighted by Crippen LogP contribution is -2.23. The summed E-state index contributed by atoms with van der Waals surface area (Å²) in [5.41, 5.74) is 2.41. The second kappa shape index (κ2) is 8.70. The van der Waals surface area contributed by atoms with E-state index >= 15 is 0 Å². The molecule has 1 heterocycles. The molecule has 0 aliphatic heterocycles. The fraction of sp³-hybridized carbons (Fsp3) is 0.143. The van der Waals surface area contributed by atoms with E-state index < -0.39 is 10.8 Å². The van der Waals surface area contributed by atoms with Crippen LogP contribution in [0.1, 0.15) is 27.0 Å². The zero-order chi connectivity index (χ0) is 21.0. The van der Waals surface area contributed by atoms with Gasteiger partial charge in [-0.15, -0.1) is 0 Å². The van der Waals surface area contributed by atoms with E-state index in [1.807, 2.05) is 32.0 Å². The van der Waals surface area contributed by atoms with Gasteiger partial charge in [-0.3, -0.25) is 14.9 Å². The van der Waals surface area contributed by atoms with Crippen molar-refractivity contribution in [3.63, 3.8) is 0 Å². The van der Waals surface area contributed by atoms with Crippen molar-refractivity contribution in [1.82, 2.24) is 10.3 Å². The first-order valence-corrected chi connectivity index (χ1v) is 9.13. The monoisotopic (exact) mass is 411 g/mol. The first kappa shape index (κ1) is 20.3. The second-order valence-corrected chi connectivity index (χ2v) is 6.91. The minimum Gasteiger partial charge on any atom is -0.439 e. The minimum atomic E-state index is -0.637. The summed E-state index contributed by atoms with van der Waals surface area (Å²) in [6.45, 7) is 4.10. The lowest BCUT2D eigenvalue weighted by atomic mass is 10.1. The van der Waals surface area contributed by atoms with Crippen molar-refractivity contribution in [3.05, 3.63) is 92.1 Å². The molecule has 148 valence electrons. The Morgan fingerprint density at radius 1 is 1.17 bits per heavy atom. The predicted octanol–water partition coefficient (Wildman–Crippen LogP) is 4.98. The Morgan fingerprint density at radius 2 is 1.97 bits per heavy atom. The van der Waals surface area contributed by atoms with Gasteiger partial charge in [0.25, 0.3) is 11.6 Å². The number of hydrogen-bond donors (Lipinski definition) is 1. The Balaban J connectivity index is 1.65. The topological polar surface area (TPSA) is 94.4 Å². The van der Waals surface area contributed by atoms with E-state index in [0.717, 1.165) is 28.5 Å². The van der Waals surface area contributed by atoms with E-state index in [2.05, 4.69) is 10.3 Å². The number of aryl methyl sites for hydroxylation is 2. The number of halogens is 1. The van der Waals surface area contributed by atoms with Crippen LogP contribution in [0, 0.1) is 24.0 Å². The van der Waals surface area contributed by atoms with Crippen molar-refractivity contribution >= 4 is 23.2 Å². The predicted molar refractivity (Wildman–Crippen MR) is 110 cm³/mol. The maximum absolute atomic E-state index is 12.3. The Labute approximate surface area is 172 Å². The number of benzene rings is 2. The third kappa shape index (κ3) is 5.08. The molecular weight excluding hydrogens is 394 g/mol. The summed E-state index contributed by atoms with van der Waals surface area (Å²) in [5, 5.41) is 14.0. The molecule has 0 bridgehead atoms. The van der Waals surface area contributed by atoms with Crippen molar-refractivity contribution in [2.45, 2.75) is 20.4 Å². The van der Waals surface area contributed by atoms with Gasteiger partial charge in [0.05, 0.1) is 4.92 Å². The van der Waals surface area contributed by atoms with Gasteiger partial charge in [-0.2, -0.15) is 0 Å². The summed E-state index contributed by atoms with van der Waals surface area (Å²) in [6, 6.07) is 13.3. The molecule has 7 nitrogen and oxygen atoms in total. The number of pyridine rings is 1. The largest absolute Gasteiger partial charge is 0.439 e. The molecule has 3 aromatic rings. The summed E-state index contributed by atoms with van der Waals surface area (Å²) in [4.78, 5) is 27.1. The number of hydrogen-bond acceptors (Lipinski definition) is 5. The lowest BCUT2D eigenvalue weighted by molar-refractivity contribution is -0.385. The molecule has 0 spiro atoms. The number of nitrogens with zero attached hydrogens (tertiary/aromatic N) is 2. The molecule has 0 aliphatic rings. The van der Waals surface area contributed by atoms with E-state index in [0.29, 0.717) is 5.88 Å². The van der Waals surface area contributed by atoms with Crippen LogP contribution >= 0.6 is 11.6 Å². The quantitative estimate of drug-likeness (QED) is 0.455. The Morgan fingerprint density at radius 3 is 2.66 bits per heavy atom. The molecule has 0 saturated heterocycles. The van der Waals surface area contributed by atoms with Crippen molar-refractivity contribution in [1.29, 1.82) is 0 Å². The number of ether oxygens (including phenoxy) is 1. The van der Waals surface area contributed by atoms with Gasteiger partial charge in [-0.05, 0) is 48.7 Å². The summed E-state index contributed by atoms with van der Waals surface area (Å²) < 4.78 is 5.81. The highest BCUT2D eigenvalue weighted by Gasteiger charge is 2.20. The Hall–Kier alpha value is -3.45. The average molecular weight is 412 g/mol. The van der Waals surface area contributed by atoms with Crippen LogP contribution in [0.5, 0.6) is 11.6 Å². The molecule has 0 unspecified atom stereocenters. The third-order valence-corrected chi connectivity index (χ3v) is 4.45. The molecule has 0 fully saturated rings. The summed E-state index contributed by atoms with van der Waals surface area (Å²) >= 11 is 5.77. The van der Waals surface area contributed by atoms with Gasteiger partial charge in [-0.1, -0.05) is 29.8 Å². The fourth-order valence-electron chi connectivity index (χ4n) is 2.63. The zero-order valence-electron chi connectivity index (χ0n) is 15.8. The number of rotatable bonds is 6. The molecule has 8 heteroatoms. The first-order chi connectivity index (χ1) is 13.8. The van der Waals surface area contributed by atoms with Gasteiger partial charge in [-0.25, -0.2) is 4.98 Å². The standard InChI is InChI=1S/C21H18ClN3O4/c1-13-3-4-14(2)19(9-13)29-20-8-5-15(11-23-20)12-24-21(26)17-7-6-16(22)10-18(17)25(27)28/h3-11H,12H2,1-2H3,(H,24,26). The van der Waals surface area contributed by atoms with Crippen LogP contribution in [-0.4, -0.2) is 15.8 Å². The molecular formula is C21H18ClN3O4. The first-order valence-electron chi connectivity index (χ1n) is 8.75. The molecule has 0 aliphatic carbocycles. The minimum absolute atomic E-state index is 0.0535. The Kier molecular flexibility index (Phi) is 6.09. The number of amides is 1. The normalized spacial score (nSPS) is 10.4. The van der Waals surface area contributed by atoms with Crippen LogP contribution in [0.25, 0.3) is 0 Å². The second-order valence-electron chi connectivity index (χ2n) is 6.48. The maximum Gasteiger partial charge on any atom is 0.283 e. The highest BCUT2D eigenvalue weighted by Crippen LogP contribution is 2.25. The van der Waals surface area contributed by atoms with Crippen LogP contribution in [-0.2, 0) is 6.54 Å². The van der Waals surface area contributed by atoms with Gasteiger partial charge in [0.1, 0.15) is 11.3 Å². The number of nitrogens with one attached hydrogen (secondary N) is 1. The van der Waals surface area contributed by atoms with Gasteiger partial charge in [0, 0.05) is 29.9 Å². The zero-order valence-corrected chi connectivity index (χ0v) is 16.6. The molecule has 0 radical (unpaired) electrons. The third-order valence-electron chi connectivity index (χ3n) is 4.21. The number of carbonyl (C=O) groups excluding carboxylic acids is 1. The maximum atomic E-state index is 12.3. The van der Waals surface area contributed by atoms with Crippen LogP contribution in [0.3, 0.4) is 0 Å². The molecule has 0 atom stereocenters.